The highest BCUT2D eigenvalue weighted by molar-refractivity contribution is 5.51. The molecule has 0 radical (unpaired) electrons. The lowest BCUT2D eigenvalue weighted by Crippen LogP contribution is -2.27. The predicted molar refractivity (Wildman–Crippen MR) is 114 cm³/mol. The smallest absolute Gasteiger partial charge is 0.132 e. The van der Waals surface area contributed by atoms with E-state index >= 15 is 0 Å². The van der Waals surface area contributed by atoms with E-state index in [0.29, 0.717) is 11.7 Å². The number of alkyl halides is 1. The zero-order chi connectivity index (χ0) is 21.4. The van der Waals surface area contributed by atoms with Crippen molar-refractivity contribution in [3.8, 4) is 5.69 Å². The summed E-state index contributed by atoms with van der Waals surface area (Å²) in [6.45, 7) is 2.18. The maximum atomic E-state index is 14.5. The van der Waals surface area contributed by atoms with Crippen LogP contribution in [0.1, 0.15) is 42.3 Å². The highest BCUT2D eigenvalue weighted by atomic mass is 19.1. The molecule has 5 rings (SSSR count). The number of hydrogen-bond donors (Lipinski definition) is 1. The van der Waals surface area contributed by atoms with Gasteiger partial charge in [-0.3, -0.25) is 0 Å². The third-order valence-corrected chi connectivity index (χ3v) is 6.43. The van der Waals surface area contributed by atoms with Gasteiger partial charge in [0, 0.05) is 18.1 Å². The van der Waals surface area contributed by atoms with Crippen molar-refractivity contribution in [2.75, 3.05) is 24.5 Å². The van der Waals surface area contributed by atoms with Gasteiger partial charge >= 0.3 is 0 Å². The molecule has 0 aliphatic carbocycles. The van der Waals surface area contributed by atoms with Gasteiger partial charge in [0.05, 0.1) is 24.5 Å². The largest absolute Gasteiger partial charge is 0.346 e. The third-order valence-electron chi connectivity index (χ3n) is 6.43. The van der Waals surface area contributed by atoms with E-state index in [-0.39, 0.29) is 18.5 Å². The first-order valence-electron chi connectivity index (χ1n) is 10.8. The monoisotopic (exact) mass is 426 g/mol. The Morgan fingerprint density at radius 3 is 2.52 bits per heavy atom. The summed E-state index contributed by atoms with van der Waals surface area (Å²) in [5, 5.41) is 7.83. The third kappa shape index (κ3) is 3.94. The van der Waals surface area contributed by atoms with Crippen LogP contribution in [-0.4, -0.2) is 35.6 Å². The topological polar surface area (TPSA) is 33.1 Å². The number of nitrogens with zero attached hydrogens (tertiary/aromatic N) is 3. The van der Waals surface area contributed by atoms with Crippen molar-refractivity contribution in [1.29, 1.82) is 0 Å². The highest BCUT2D eigenvalue weighted by Crippen LogP contribution is 2.39. The zero-order valence-electron chi connectivity index (χ0n) is 17.1. The van der Waals surface area contributed by atoms with Crippen LogP contribution >= 0.6 is 0 Å². The molecule has 4 nitrogen and oxygen atoms in total. The summed E-state index contributed by atoms with van der Waals surface area (Å²) >= 11 is 0. The predicted octanol–water partition coefficient (Wildman–Crippen LogP) is 4.91. The number of piperidine rings is 1. The molecule has 3 heterocycles. The first-order valence-corrected chi connectivity index (χ1v) is 10.8. The second kappa shape index (κ2) is 8.38. The Balaban J connectivity index is 1.45. The molecule has 2 aromatic carbocycles. The number of hydrogen-bond acceptors (Lipinski definition) is 3. The molecule has 0 amide bonds. The van der Waals surface area contributed by atoms with Crippen LogP contribution in [0.4, 0.5) is 19.0 Å². The fourth-order valence-corrected chi connectivity index (χ4v) is 4.86. The molecule has 0 spiro atoms. The highest BCUT2D eigenvalue weighted by Gasteiger charge is 2.36. The summed E-state index contributed by atoms with van der Waals surface area (Å²) in [6, 6.07) is 12.9. The average Bonchev–Trinajstić information content (AvgIpc) is 3.42. The van der Waals surface area contributed by atoms with E-state index in [9.17, 15) is 13.2 Å². The Morgan fingerprint density at radius 2 is 1.74 bits per heavy atom. The average molecular weight is 426 g/mol. The van der Waals surface area contributed by atoms with Crippen molar-refractivity contribution in [3.05, 3.63) is 77.5 Å². The van der Waals surface area contributed by atoms with Crippen LogP contribution in [0.15, 0.2) is 54.7 Å². The Kier molecular flexibility index (Phi) is 5.44. The SMILES string of the molecule is Fc1ccc(F)c([C@H]2C[C@H](F)CN2c2ccnn2-c2ccc(C3CCNCC3)cc2)c1. The molecule has 7 heteroatoms. The van der Waals surface area contributed by atoms with Gasteiger partial charge in [-0.25, -0.2) is 17.9 Å². The van der Waals surface area contributed by atoms with Gasteiger partial charge < -0.3 is 10.2 Å². The first kappa shape index (κ1) is 20.1. The van der Waals surface area contributed by atoms with Crippen molar-refractivity contribution in [2.24, 2.45) is 0 Å². The van der Waals surface area contributed by atoms with Gasteiger partial charge in [-0.1, -0.05) is 12.1 Å². The van der Waals surface area contributed by atoms with Crippen molar-refractivity contribution in [2.45, 2.75) is 37.4 Å². The van der Waals surface area contributed by atoms with Crippen LogP contribution in [-0.2, 0) is 0 Å². The second-order valence-electron chi connectivity index (χ2n) is 8.38. The van der Waals surface area contributed by atoms with Gasteiger partial charge in [0.15, 0.2) is 0 Å². The Hall–Kier alpha value is -2.80. The van der Waals surface area contributed by atoms with Crippen molar-refractivity contribution >= 4 is 5.82 Å². The van der Waals surface area contributed by atoms with Gasteiger partial charge in [0.1, 0.15) is 23.6 Å². The van der Waals surface area contributed by atoms with Gasteiger partial charge in [0.25, 0.3) is 0 Å². The molecule has 1 N–H and O–H groups in total. The van der Waals surface area contributed by atoms with Crippen LogP contribution in [0, 0.1) is 11.6 Å². The van der Waals surface area contributed by atoms with Crippen LogP contribution in [0.25, 0.3) is 5.69 Å². The normalized spacial score (nSPS) is 22.2. The van der Waals surface area contributed by atoms with Gasteiger partial charge in [-0.2, -0.15) is 5.10 Å². The van der Waals surface area contributed by atoms with Gasteiger partial charge in [-0.05, 0) is 67.7 Å². The Bertz CT molecular complexity index is 1040. The number of benzene rings is 2. The molecule has 1 aromatic heterocycles. The maximum absolute atomic E-state index is 14.5. The van der Waals surface area contributed by atoms with E-state index < -0.39 is 23.8 Å². The molecule has 2 saturated heterocycles. The molecule has 2 aliphatic heterocycles. The second-order valence-corrected chi connectivity index (χ2v) is 8.38. The maximum Gasteiger partial charge on any atom is 0.132 e. The quantitative estimate of drug-likeness (QED) is 0.644. The summed E-state index contributed by atoms with van der Waals surface area (Å²) in [6.07, 6.45) is 2.89. The van der Waals surface area contributed by atoms with E-state index in [4.69, 9.17) is 0 Å². The molecule has 3 aromatic rings. The number of halogens is 3. The summed E-state index contributed by atoms with van der Waals surface area (Å²) in [7, 11) is 0. The van der Waals surface area contributed by atoms with Crippen molar-refractivity contribution in [1.82, 2.24) is 15.1 Å². The molecule has 2 atom stereocenters. The van der Waals surface area contributed by atoms with Crippen molar-refractivity contribution in [3.63, 3.8) is 0 Å². The Labute approximate surface area is 179 Å². The number of anilines is 1. The number of nitrogens with one attached hydrogen (secondary N) is 1. The van der Waals surface area contributed by atoms with Crippen LogP contribution < -0.4 is 10.2 Å². The van der Waals surface area contributed by atoms with Crippen LogP contribution in [0.2, 0.25) is 0 Å². The lowest BCUT2D eigenvalue weighted by atomic mass is 9.90. The fraction of sp³-hybridized carbons (Fsp3) is 0.375. The zero-order valence-corrected chi connectivity index (χ0v) is 17.1. The molecule has 162 valence electrons. The lowest BCUT2D eigenvalue weighted by Gasteiger charge is -2.27. The molecular formula is C24H25F3N4. The van der Waals surface area contributed by atoms with Gasteiger partial charge in [0.2, 0.25) is 0 Å². The fourth-order valence-electron chi connectivity index (χ4n) is 4.86. The molecule has 31 heavy (non-hydrogen) atoms. The Morgan fingerprint density at radius 1 is 0.968 bits per heavy atom. The lowest BCUT2D eigenvalue weighted by molar-refractivity contribution is 0.355. The molecule has 2 fully saturated rings. The standard InChI is InChI=1S/C24H25F3N4/c25-18-3-6-22(27)21(13-18)23-14-19(26)15-30(23)24-9-12-29-31(24)20-4-1-16(2-5-20)17-7-10-28-11-8-17/h1-6,9,12-13,17,19,23,28H,7-8,10-11,14-15H2/t19-,23+/m0/s1. The number of rotatable bonds is 4. The van der Waals surface area contributed by atoms with E-state index in [1.807, 2.05) is 12.1 Å². The van der Waals surface area contributed by atoms with Crippen molar-refractivity contribution < 1.29 is 13.2 Å². The van der Waals surface area contributed by atoms with Gasteiger partial charge in [-0.15, -0.1) is 0 Å². The summed E-state index contributed by atoms with van der Waals surface area (Å²) < 4.78 is 44.4. The van der Waals surface area contributed by atoms with E-state index in [1.165, 1.54) is 11.6 Å². The van der Waals surface area contributed by atoms with E-state index in [0.717, 1.165) is 43.8 Å². The summed E-state index contributed by atoms with van der Waals surface area (Å²) in [5.74, 6) is 0.172. The molecule has 0 bridgehead atoms. The molecule has 0 saturated carbocycles. The van der Waals surface area contributed by atoms with Crippen LogP contribution in [0.5, 0.6) is 0 Å². The minimum Gasteiger partial charge on any atom is -0.346 e. The minimum atomic E-state index is -1.13. The minimum absolute atomic E-state index is 0.111. The van der Waals surface area contributed by atoms with E-state index in [1.54, 1.807) is 21.8 Å². The van der Waals surface area contributed by atoms with Crippen LogP contribution in [0.3, 0.4) is 0 Å². The summed E-state index contributed by atoms with van der Waals surface area (Å²) in [5.41, 5.74) is 2.34. The van der Waals surface area contributed by atoms with E-state index in [2.05, 4.69) is 22.5 Å². The molecule has 2 aliphatic rings. The molecular weight excluding hydrogens is 401 g/mol. The first-order chi connectivity index (χ1) is 15.1. The summed E-state index contributed by atoms with van der Waals surface area (Å²) in [4.78, 5) is 1.79. The number of aromatic nitrogens is 2. The molecule has 0 unspecified atom stereocenters.